The van der Waals surface area contributed by atoms with Crippen LogP contribution in [-0.2, 0) is 0 Å². The minimum absolute atomic E-state index is 0.532. The summed E-state index contributed by atoms with van der Waals surface area (Å²) in [7, 11) is 0. The Morgan fingerprint density at radius 1 is 0.818 bits per heavy atom. The van der Waals surface area contributed by atoms with E-state index in [2.05, 4.69) is 130 Å². The molecule has 0 aliphatic heterocycles. The Kier molecular flexibility index (Phi) is 6.78. The summed E-state index contributed by atoms with van der Waals surface area (Å²) in [5.41, 5.74) is 0. The van der Waals surface area contributed by atoms with Crippen LogP contribution in [0.5, 0.6) is 0 Å². The maximum atomic E-state index is 2.75. The summed E-state index contributed by atoms with van der Waals surface area (Å²) in [5, 5.41) is 0.532. The Labute approximate surface area is 134 Å². The van der Waals surface area contributed by atoms with E-state index < -0.39 is 2.67 Å². The molecule has 0 radical (unpaired) electrons. The van der Waals surface area contributed by atoms with Crippen LogP contribution in [0.3, 0.4) is 0 Å². The average Bonchev–Trinajstić information content (AvgIpc) is 1.58. The molecule has 0 saturated heterocycles. The SMILES string of the molecule is CC(C)(C)[Si](I)(I)[Si](I)(I)I. The topological polar surface area (TPSA) is 0 Å². The van der Waals surface area contributed by atoms with Crippen LogP contribution in [0.1, 0.15) is 20.8 Å². The highest BCUT2D eigenvalue weighted by atomic mass is 127. The van der Waals surface area contributed by atoms with Gasteiger partial charge in [-0.3, -0.25) is 0 Å². The van der Waals surface area contributed by atoms with Gasteiger partial charge in [0.05, 0.1) is 0 Å². The van der Waals surface area contributed by atoms with Gasteiger partial charge in [-0.25, -0.2) is 0 Å². The summed E-state index contributed by atoms with van der Waals surface area (Å²) in [5.74, 6) is 0. The van der Waals surface area contributed by atoms with Gasteiger partial charge in [-0.1, -0.05) is 86.2 Å². The minimum atomic E-state index is -1.07. The van der Waals surface area contributed by atoms with E-state index in [1.807, 2.05) is 0 Å². The number of hydrogen-bond donors (Lipinski definition) is 0. The Hall–Kier alpha value is 4.08. The van der Waals surface area contributed by atoms with E-state index in [9.17, 15) is 0 Å². The molecule has 0 fully saturated rings. The molecule has 11 heavy (non-hydrogen) atoms. The van der Waals surface area contributed by atoms with E-state index in [4.69, 9.17) is 0 Å². The van der Waals surface area contributed by atoms with Crippen LogP contribution in [0.15, 0.2) is 0 Å². The highest BCUT2D eigenvalue weighted by Gasteiger charge is 2.55. The third-order valence-electron chi connectivity index (χ3n) is 1.30. The third kappa shape index (κ3) is 4.22. The Balaban J connectivity index is 4.75. The molecule has 0 atom stereocenters. The number of halogens is 5. The maximum Gasteiger partial charge on any atom is 0.264 e. The van der Waals surface area contributed by atoms with Crippen LogP contribution < -0.4 is 0 Å². The fraction of sp³-hybridized carbons (Fsp3) is 1.00. The molecular weight excluding hydrogens is 739 g/mol. The number of rotatable bonds is 1. The molecule has 68 valence electrons. The molecular formula is C4H9I5Si2. The summed E-state index contributed by atoms with van der Waals surface area (Å²) in [6, 6.07) is 0. The van der Waals surface area contributed by atoms with Gasteiger partial charge in [-0.05, 0) is 5.04 Å². The van der Waals surface area contributed by atoms with Crippen molar-refractivity contribution < 1.29 is 0 Å². The van der Waals surface area contributed by atoms with Crippen LogP contribution in [0.4, 0.5) is 0 Å². The zero-order valence-corrected chi connectivity index (χ0v) is 19.2. The Morgan fingerprint density at radius 2 is 1.09 bits per heavy atom. The average molecular weight is 748 g/mol. The lowest BCUT2D eigenvalue weighted by Gasteiger charge is -2.37. The van der Waals surface area contributed by atoms with Gasteiger partial charge in [0.2, 0.25) is 2.58 Å². The van der Waals surface area contributed by atoms with E-state index >= 15 is 0 Å². The van der Waals surface area contributed by atoms with Crippen LogP contribution >= 0.6 is 109 Å². The smallest absolute Gasteiger partial charge is 0.105 e. The molecule has 0 bridgehead atoms. The Bertz CT molecular complexity index is 128. The fourth-order valence-electron chi connectivity index (χ4n) is 0.425. The van der Waals surface area contributed by atoms with Crippen molar-refractivity contribution in [1.82, 2.24) is 0 Å². The van der Waals surface area contributed by atoms with Gasteiger partial charge in [0.15, 0.2) is 0 Å². The second kappa shape index (κ2) is 4.94. The molecule has 0 rings (SSSR count). The van der Waals surface area contributed by atoms with Gasteiger partial charge in [-0.2, -0.15) is 0 Å². The summed E-state index contributed by atoms with van der Waals surface area (Å²) >= 11 is 13.6. The van der Waals surface area contributed by atoms with Crippen LogP contribution in [0, 0.1) is 0 Å². The number of hydrogen-bond acceptors (Lipinski definition) is 0. The first-order valence-electron chi connectivity index (χ1n) is 2.94. The van der Waals surface area contributed by atoms with Crippen molar-refractivity contribution in [3.8, 4) is 0 Å². The molecule has 0 unspecified atom stereocenters. The fourth-order valence-corrected chi connectivity index (χ4v) is 25.7. The van der Waals surface area contributed by atoms with Crippen molar-refractivity contribution in [3.63, 3.8) is 0 Å². The van der Waals surface area contributed by atoms with Crippen LogP contribution in [0.25, 0.3) is 0 Å². The molecule has 7 heteroatoms. The van der Waals surface area contributed by atoms with Gasteiger partial charge in [-0.15, -0.1) is 43.6 Å². The monoisotopic (exact) mass is 748 g/mol. The zero-order chi connectivity index (χ0) is 9.50. The molecule has 0 aromatic rings. The third-order valence-corrected chi connectivity index (χ3v) is 110. The summed E-state index contributed by atoms with van der Waals surface area (Å²) in [6.45, 7) is 7.15. The van der Waals surface area contributed by atoms with Gasteiger partial charge >= 0.3 is 0 Å². The highest BCUT2D eigenvalue weighted by molar-refractivity contribution is 14.4. The summed E-state index contributed by atoms with van der Waals surface area (Å²) in [4.78, 5) is 0. The van der Waals surface area contributed by atoms with Crippen molar-refractivity contribution >= 4 is 112 Å². The quantitative estimate of drug-likeness (QED) is 0.191. The molecule has 0 spiro atoms. The first kappa shape index (κ1) is 15.1. The molecule has 0 amide bonds. The lowest BCUT2D eigenvalue weighted by molar-refractivity contribution is 0.759. The van der Waals surface area contributed by atoms with Gasteiger partial charge < -0.3 is 0 Å². The van der Waals surface area contributed by atoms with Gasteiger partial charge in [0.25, 0.3) is 0.0813 Å². The molecule has 0 aliphatic rings. The summed E-state index contributed by atoms with van der Waals surface area (Å²) in [6.07, 6.45) is 0. The van der Waals surface area contributed by atoms with E-state index in [0.717, 1.165) is 0 Å². The van der Waals surface area contributed by atoms with Crippen molar-refractivity contribution in [1.29, 1.82) is 0 Å². The largest absolute Gasteiger partial charge is 0.264 e. The molecule has 0 aliphatic carbocycles. The normalized spacial score (nSPS) is 15.3. The first-order chi connectivity index (χ1) is 4.50. The molecule has 0 nitrogen and oxygen atoms in total. The maximum absolute atomic E-state index is 2.75. The Morgan fingerprint density at radius 3 is 1.09 bits per heavy atom. The molecule has 0 aromatic heterocycles. The molecule has 0 saturated carbocycles. The second-order valence-corrected chi connectivity index (χ2v) is 75.8. The van der Waals surface area contributed by atoms with Crippen molar-refractivity contribution in [2.24, 2.45) is 0 Å². The predicted molar refractivity (Wildman–Crippen MR) is 101 cm³/mol. The van der Waals surface area contributed by atoms with E-state index in [0.29, 0.717) is 5.04 Å². The highest BCUT2D eigenvalue weighted by Crippen LogP contribution is 2.57. The molecule has 0 aromatic carbocycles. The zero-order valence-electron chi connectivity index (χ0n) is 6.39. The standard InChI is InChI=1S/C4H9I5Si2/c1-4(2,3)10(5,6)11(7,8)9/h1-3H3. The van der Waals surface area contributed by atoms with Crippen molar-refractivity contribution in [3.05, 3.63) is 0 Å². The summed E-state index contributed by atoms with van der Waals surface area (Å²) < 4.78 is -2.07. The lowest BCUT2D eigenvalue weighted by Crippen LogP contribution is -2.47. The van der Waals surface area contributed by atoms with Gasteiger partial charge in [0, 0.05) is 0 Å². The van der Waals surface area contributed by atoms with E-state index in [1.165, 1.54) is 0 Å². The molecule has 0 heterocycles. The van der Waals surface area contributed by atoms with Gasteiger partial charge in [0.1, 0.15) is 0 Å². The minimum Gasteiger partial charge on any atom is -0.105 e. The first-order valence-corrected chi connectivity index (χ1v) is 23.5. The van der Waals surface area contributed by atoms with E-state index in [1.54, 1.807) is 0 Å². The van der Waals surface area contributed by atoms with Crippen LogP contribution in [-0.4, -0.2) is 2.67 Å². The predicted octanol–water partition coefficient (Wildman–Crippen LogP) is 5.42. The lowest BCUT2D eigenvalue weighted by atomic mass is 10.3. The van der Waals surface area contributed by atoms with Crippen molar-refractivity contribution in [2.45, 2.75) is 25.8 Å². The van der Waals surface area contributed by atoms with Crippen molar-refractivity contribution in [2.75, 3.05) is 0 Å². The van der Waals surface area contributed by atoms with E-state index in [-0.39, 0.29) is 0 Å². The second-order valence-electron chi connectivity index (χ2n) is 3.32. The van der Waals surface area contributed by atoms with Crippen LogP contribution in [0.2, 0.25) is 5.04 Å². The molecule has 0 N–H and O–H groups in total.